The highest BCUT2D eigenvalue weighted by Crippen LogP contribution is 2.28. The molecular formula is C14H12N2O4. The SMILES string of the molecule is Cc1c(N=Cc2ccc(O)cc2O)cccc1[N+](=O)[O-]. The number of aliphatic imine (C=N–C) groups is 1. The van der Waals surface area contributed by atoms with E-state index in [4.69, 9.17) is 0 Å². The van der Waals surface area contributed by atoms with Crippen molar-refractivity contribution in [2.45, 2.75) is 6.92 Å². The second-order valence-electron chi connectivity index (χ2n) is 4.18. The summed E-state index contributed by atoms with van der Waals surface area (Å²) in [5, 5.41) is 29.6. The van der Waals surface area contributed by atoms with Crippen molar-refractivity contribution in [2.24, 2.45) is 4.99 Å². The summed E-state index contributed by atoms with van der Waals surface area (Å²) in [6, 6.07) is 8.72. The summed E-state index contributed by atoms with van der Waals surface area (Å²) in [5.41, 5.74) is 1.31. The molecule has 0 aliphatic heterocycles. The molecule has 0 amide bonds. The van der Waals surface area contributed by atoms with Gasteiger partial charge in [-0.2, -0.15) is 0 Å². The number of hydrogen-bond acceptors (Lipinski definition) is 5. The average Bonchev–Trinajstić information content (AvgIpc) is 2.39. The molecule has 0 aliphatic rings. The zero-order valence-electron chi connectivity index (χ0n) is 10.6. The minimum absolute atomic E-state index is 0.00502. The normalized spacial score (nSPS) is 10.8. The Morgan fingerprint density at radius 3 is 2.65 bits per heavy atom. The molecule has 0 fully saturated rings. The number of nitrogens with zero attached hydrogens (tertiary/aromatic N) is 2. The van der Waals surface area contributed by atoms with Crippen LogP contribution in [-0.4, -0.2) is 21.4 Å². The van der Waals surface area contributed by atoms with Gasteiger partial charge in [0.15, 0.2) is 0 Å². The van der Waals surface area contributed by atoms with E-state index in [9.17, 15) is 20.3 Å². The lowest BCUT2D eigenvalue weighted by molar-refractivity contribution is -0.385. The number of nitro benzene ring substituents is 1. The highest BCUT2D eigenvalue weighted by molar-refractivity contribution is 5.86. The van der Waals surface area contributed by atoms with Gasteiger partial charge in [0.25, 0.3) is 5.69 Å². The molecular weight excluding hydrogens is 260 g/mol. The van der Waals surface area contributed by atoms with E-state index < -0.39 is 4.92 Å². The van der Waals surface area contributed by atoms with Crippen LogP contribution in [0.2, 0.25) is 0 Å². The van der Waals surface area contributed by atoms with Crippen LogP contribution >= 0.6 is 0 Å². The smallest absolute Gasteiger partial charge is 0.274 e. The minimum Gasteiger partial charge on any atom is -0.508 e. The Kier molecular flexibility index (Phi) is 3.65. The van der Waals surface area contributed by atoms with Crippen LogP contribution in [0.3, 0.4) is 0 Å². The van der Waals surface area contributed by atoms with E-state index in [0.717, 1.165) is 0 Å². The summed E-state index contributed by atoms with van der Waals surface area (Å²) in [6.45, 7) is 1.61. The Labute approximate surface area is 114 Å². The van der Waals surface area contributed by atoms with Crippen molar-refractivity contribution >= 4 is 17.6 Å². The number of nitro groups is 1. The predicted octanol–water partition coefficient (Wildman–Crippen LogP) is 3.07. The van der Waals surface area contributed by atoms with Gasteiger partial charge in [-0.15, -0.1) is 0 Å². The Morgan fingerprint density at radius 2 is 2.00 bits per heavy atom. The number of aromatic hydroxyl groups is 2. The molecule has 0 unspecified atom stereocenters. The Bertz CT molecular complexity index is 696. The number of phenolic OH excluding ortho intramolecular Hbond substituents is 2. The van der Waals surface area contributed by atoms with E-state index in [1.54, 1.807) is 19.1 Å². The van der Waals surface area contributed by atoms with Crippen molar-refractivity contribution in [1.29, 1.82) is 0 Å². The summed E-state index contributed by atoms with van der Waals surface area (Å²) in [6.07, 6.45) is 1.39. The number of hydrogen-bond donors (Lipinski definition) is 2. The molecule has 0 radical (unpaired) electrons. The fourth-order valence-electron chi connectivity index (χ4n) is 1.73. The topological polar surface area (TPSA) is 96.0 Å². The number of phenols is 2. The van der Waals surface area contributed by atoms with Gasteiger partial charge in [0.05, 0.1) is 16.2 Å². The Hall–Kier alpha value is -2.89. The van der Waals surface area contributed by atoms with Crippen LogP contribution in [0.5, 0.6) is 11.5 Å². The van der Waals surface area contributed by atoms with Crippen molar-refractivity contribution in [1.82, 2.24) is 0 Å². The maximum atomic E-state index is 10.8. The first-order chi connectivity index (χ1) is 9.49. The second kappa shape index (κ2) is 5.40. The van der Waals surface area contributed by atoms with Gasteiger partial charge in [-0.3, -0.25) is 15.1 Å². The zero-order valence-corrected chi connectivity index (χ0v) is 10.6. The molecule has 0 heterocycles. The van der Waals surface area contributed by atoms with Gasteiger partial charge < -0.3 is 10.2 Å². The average molecular weight is 272 g/mol. The molecule has 20 heavy (non-hydrogen) atoms. The molecule has 0 saturated heterocycles. The van der Waals surface area contributed by atoms with Gasteiger partial charge in [-0.05, 0) is 25.1 Å². The molecule has 0 aliphatic carbocycles. The number of benzene rings is 2. The van der Waals surface area contributed by atoms with Gasteiger partial charge >= 0.3 is 0 Å². The summed E-state index contributed by atoms with van der Waals surface area (Å²) in [5.74, 6) is -0.164. The molecule has 0 spiro atoms. The quantitative estimate of drug-likeness (QED) is 0.510. The summed E-state index contributed by atoms with van der Waals surface area (Å²) in [4.78, 5) is 14.5. The molecule has 0 aromatic heterocycles. The molecule has 6 heteroatoms. The van der Waals surface area contributed by atoms with E-state index in [-0.39, 0.29) is 17.2 Å². The fourth-order valence-corrected chi connectivity index (χ4v) is 1.73. The highest BCUT2D eigenvalue weighted by Gasteiger charge is 2.12. The van der Waals surface area contributed by atoms with Crippen LogP contribution in [0.4, 0.5) is 11.4 Å². The molecule has 2 rings (SSSR count). The number of rotatable bonds is 3. The Balaban J connectivity index is 2.37. The van der Waals surface area contributed by atoms with Crippen molar-refractivity contribution in [2.75, 3.05) is 0 Å². The van der Waals surface area contributed by atoms with Crippen molar-refractivity contribution in [3.63, 3.8) is 0 Å². The van der Waals surface area contributed by atoms with E-state index in [1.807, 2.05) is 0 Å². The summed E-state index contributed by atoms with van der Waals surface area (Å²) >= 11 is 0. The van der Waals surface area contributed by atoms with E-state index in [0.29, 0.717) is 16.8 Å². The molecule has 102 valence electrons. The molecule has 0 atom stereocenters. The van der Waals surface area contributed by atoms with Crippen LogP contribution in [0.15, 0.2) is 41.4 Å². The van der Waals surface area contributed by atoms with E-state index in [1.165, 1.54) is 30.5 Å². The van der Waals surface area contributed by atoms with Crippen LogP contribution in [-0.2, 0) is 0 Å². The second-order valence-corrected chi connectivity index (χ2v) is 4.18. The molecule has 2 aromatic rings. The predicted molar refractivity (Wildman–Crippen MR) is 74.9 cm³/mol. The first kappa shape index (κ1) is 13.5. The van der Waals surface area contributed by atoms with Crippen LogP contribution < -0.4 is 0 Å². The maximum absolute atomic E-state index is 10.8. The third-order valence-electron chi connectivity index (χ3n) is 2.83. The van der Waals surface area contributed by atoms with Gasteiger partial charge in [0.1, 0.15) is 11.5 Å². The summed E-state index contributed by atoms with van der Waals surface area (Å²) < 4.78 is 0. The van der Waals surface area contributed by atoms with Crippen LogP contribution in [0.1, 0.15) is 11.1 Å². The van der Waals surface area contributed by atoms with Crippen LogP contribution in [0.25, 0.3) is 0 Å². The first-order valence-electron chi connectivity index (χ1n) is 5.79. The lowest BCUT2D eigenvalue weighted by Gasteiger charge is -2.02. The lowest BCUT2D eigenvalue weighted by atomic mass is 10.1. The minimum atomic E-state index is -0.466. The fraction of sp³-hybridized carbons (Fsp3) is 0.0714. The third kappa shape index (κ3) is 2.74. The van der Waals surface area contributed by atoms with Crippen molar-refractivity contribution < 1.29 is 15.1 Å². The lowest BCUT2D eigenvalue weighted by Crippen LogP contribution is -1.91. The van der Waals surface area contributed by atoms with Gasteiger partial charge in [-0.1, -0.05) is 6.07 Å². The molecule has 0 bridgehead atoms. The van der Waals surface area contributed by atoms with E-state index in [2.05, 4.69) is 4.99 Å². The molecule has 0 saturated carbocycles. The zero-order chi connectivity index (χ0) is 14.7. The largest absolute Gasteiger partial charge is 0.508 e. The maximum Gasteiger partial charge on any atom is 0.274 e. The molecule has 2 aromatic carbocycles. The van der Waals surface area contributed by atoms with Gasteiger partial charge in [0.2, 0.25) is 0 Å². The van der Waals surface area contributed by atoms with Crippen molar-refractivity contribution in [3.8, 4) is 11.5 Å². The standard InChI is InChI=1S/C14H12N2O4/c1-9-12(3-2-4-13(9)16(19)20)15-8-10-5-6-11(17)7-14(10)18/h2-8,17-18H,1H3. The van der Waals surface area contributed by atoms with Gasteiger partial charge in [0, 0.05) is 23.9 Å². The monoisotopic (exact) mass is 272 g/mol. The van der Waals surface area contributed by atoms with E-state index >= 15 is 0 Å². The summed E-state index contributed by atoms with van der Waals surface area (Å²) in [7, 11) is 0. The van der Waals surface area contributed by atoms with Gasteiger partial charge in [-0.25, -0.2) is 0 Å². The highest BCUT2D eigenvalue weighted by atomic mass is 16.6. The third-order valence-corrected chi connectivity index (χ3v) is 2.83. The first-order valence-corrected chi connectivity index (χ1v) is 5.79. The molecule has 2 N–H and O–H groups in total. The van der Waals surface area contributed by atoms with Crippen molar-refractivity contribution in [3.05, 3.63) is 57.6 Å². The molecule has 6 nitrogen and oxygen atoms in total. The van der Waals surface area contributed by atoms with Crippen LogP contribution in [0, 0.1) is 17.0 Å². The Morgan fingerprint density at radius 1 is 1.25 bits per heavy atom.